The summed E-state index contributed by atoms with van der Waals surface area (Å²) in [5.74, 6) is 0.477. The first-order chi connectivity index (χ1) is 11.2. The van der Waals surface area contributed by atoms with Crippen molar-refractivity contribution in [1.82, 2.24) is 4.90 Å². The number of nitrogens with one attached hydrogen (secondary N) is 1. The molecule has 4 rings (SSSR count). The molecular formula is C17H16N2O2S2. The SMILES string of the molecule is O=C1CSc2ccc(C(=O)N3CCCC3c3cccs3)cc2N1. The van der Waals surface area contributed by atoms with Gasteiger partial charge in [-0.25, -0.2) is 0 Å². The van der Waals surface area contributed by atoms with Gasteiger partial charge in [0.1, 0.15) is 0 Å². The number of thiophene rings is 1. The van der Waals surface area contributed by atoms with Crippen molar-refractivity contribution in [2.24, 2.45) is 0 Å². The summed E-state index contributed by atoms with van der Waals surface area (Å²) in [7, 11) is 0. The van der Waals surface area contributed by atoms with Gasteiger partial charge in [-0.3, -0.25) is 9.59 Å². The molecule has 2 aliphatic heterocycles. The van der Waals surface area contributed by atoms with Crippen molar-refractivity contribution in [1.29, 1.82) is 0 Å². The van der Waals surface area contributed by atoms with Crippen molar-refractivity contribution in [3.63, 3.8) is 0 Å². The van der Waals surface area contributed by atoms with E-state index in [1.165, 1.54) is 16.6 Å². The first kappa shape index (κ1) is 14.8. The molecule has 1 unspecified atom stereocenters. The van der Waals surface area contributed by atoms with Gasteiger partial charge in [0, 0.05) is 21.9 Å². The van der Waals surface area contributed by atoms with Gasteiger partial charge in [0.2, 0.25) is 5.91 Å². The highest BCUT2D eigenvalue weighted by Crippen LogP contribution is 2.37. The quantitative estimate of drug-likeness (QED) is 0.902. The highest BCUT2D eigenvalue weighted by Gasteiger charge is 2.31. The molecule has 0 aliphatic carbocycles. The molecule has 23 heavy (non-hydrogen) atoms. The van der Waals surface area contributed by atoms with Crippen LogP contribution in [0.25, 0.3) is 0 Å². The molecule has 3 heterocycles. The van der Waals surface area contributed by atoms with Crippen LogP contribution in [0.5, 0.6) is 0 Å². The number of hydrogen-bond donors (Lipinski definition) is 1. The Kier molecular flexibility index (Phi) is 3.87. The maximum absolute atomic E-state index is 12.9. The van der Waals surface area contributed by atoms with E-state index >= 15 is 0 Å². The highest BCUT2D eigenvalue weighted by molar-refractivity contribution is 8.00. The van der Waals surface area contributed by atoms with E-state index in [1.807, 2.05) is 29.2 Å². The molecule has 4 nitrogen and oxygen atoms in total. The van der Waals surface area contributed by atoms with Gasteiger partial charge in [0.05, 0.1) is 17.5 Å². The Bertz CT molecular complexity index is 758. The first-order valence-electron chi connectivity index (χ1n) is 7.63. The topological polar surface area (TPSA) is 49.4 Å². The lowest BCUT2D eigenvalue weighted by Gasteiger charge is -2.25. The number of nitrogens with zero attached hydrogens (tertiary/aromatic N) is 1. The van der Waals surface area contributed by atoms with Crippen LogP contribution in [0.2, 0.25) is 0 Å². The van der Waals surface area contributed by atoms with Crippen LogP contribution < -0.4 is 5.32 Å². The van der Waals surface area contributed by atoms with Crippen molar-refractivity contribution in [3.05, 3.63) is 46.2 Å². The van der Waals surface area contributed by atoms with Crippen LogP contribution in [-0.4, -0.2) is 29.0 Å². The minimum Gasteiger partial charge on any atom is -0.331 e. The lowest BCUT2D eigenvalue weighted by molar-refractivity contribution is -0.113. The number of amides is 2. The van der Waals surface area contributed by atoms with Crippen LogP contribution in [-0.2, 0) is 4.79 Å². The Balaban J connectivity index is 1.61. The smallest absolute Gasteiger partial charge is 0.254 e. The number of fused-ring (bicyclic) bond motifs is 1. The lowest BCUT2D eigenvalue weighted by atomic mass is 10.1. The Morgan fingerprint density at radius 2 is 2.22 bits per heavy atom. The fourth-order valence-electron chi connectivity index (χ4n) is 3.17. The zero-order valence-corrected chi connectivity index (χ0v) is 14.1. The fraction of sp³-hybridized carbons (Fsp3) is 0.294. The van der Waals surface area contributed by atoms with Gasteiger partial charge in [-0.2, -0.15) is 0 Å². The predicted octanol–water partition coefficient (Wildman–Crippen LogP) is 3.77. The van der Waals surface area contributed by atoms with Gasteiger partial charge in [-0.1, -0.05) is 6.07 Å². The third-order valence-electron chi connectivity index (χ3n) is 4.24. The molecule has 0 spiro atoms. The van der Waals surface area contributed by atoms with E-state index < -0.39 is 0 Å². The van der Waals surface area contributed by atoms with Crippen LogP contribution in [0.1, 0.15) is 34.1 Å². The maximum Gasteiger partial charge on any atom is 0.254 e. The number of benzene rings is 1. The van der Waals surface area contributed by atoms with Crippen molar-refractivity contribution in [2.45, 2.75) is 23.8 Å². The van der Waals surface area contributed by atoms with E-state index in [0.717, 1.165) is 30.0 Å². The zero-order chi connectivity index (χ0) is 15.8. The number of hydrogen-bond acceptors (Lipinski definition) is 4. The van der Waals surface area contributed by atoms with Crippen molar-refractivity contribution in [3.8, 4) is 0 Å². The molecule has 2 aliphatic rings. The second kappa shape index (κ2) is 6.02. The molecule has 1 atom stereocenters. The molecule has 0 radical (unpaired) electrons. The van der Waals surface area contributed by atoms with E-state index in [2.05, 4.69) is 16.8 Å². The summed E-state index contributed by atoms with van der Waals surface area (Å²) in [4.78, 5) is 28.7. The average Bonchev–Trinajstić information content (AvgIpc) is 3.24. The molecule has 0 bridgehead atoms. The van der Waals surface area contributed by atoms with Crippen molar-refractivity contribution in [2.75, 3.05) is 17.6 Å². The molecule has 2 aromatic rings. The van der Waals surface area contributed by atoms with Gasteiger partial charge in [-0.05, 0) is 42.5 Å². The normalized spacial score (nSPS) is 20.3. The van der Waals surface area contributed by atoms with Gasteiger partial charge < -0.3 is 10.2 Å². The van der Waals surface area contributed by atoms with Crippen LogP contribution in [0, 0.1) is 0 Å². The Hall–Kier alpha value is -1.79. The number of carbonyl (C=O) groups excluding carboxylic acids is 2. The number of carbonyl (C=O) groups is 2. The largest absolute Gasteiger partial charge is 0.331 e. The van der Waals surface area contributed by atoms with Gasteiger partial charge in [0.25, 0.3) is 5.91 Å². The number of likely N-dealkylation sites (tertiary alicyclic amines) is 1. The summed E-state index contributed by atoms with van der Waals surface area (Å²) in [5, 5.41) is 4.91. The van der Waals surface area contributed by atoms with Crippen molar-refractivity contribution >= 4 is 40.6 Å². The van der Waals surface area contributed by atoms with Crippen molar-refractivity contribution < 1.29 is 9.59 Å². The molecule has 1 fully saturated rings. The molecule has 1 aromatic heterocycles. The summed E-state index contributed by atoms with van der Waals surface area (Å²) in [6.07, 6.45) is 2.05. The zero-order valence-electron chi connectivity index (χ0n) is 12.5. The number of rotatable bonds is 2. The summed E-state index contributed by atoms with van der Waals surface area (Å²) in [5.41, 5.74) is 1.40. The summed E-state index contributed by atoms with van der Waals surface area (Å²) in [6, 6.07) is 9.93. The first-order valence-corrected chi connectivity index (χ1v) is 9.50. The van der Waals surface area contributed by atoms with E-state index in [9.17, 15) is 9.59 Å². The summed E-state index contributed by atoms with van der Waals surface area (Å²) < 4.78 is 0. The van der Waals surface area contributed by atoms with Crippen LogP contribution >= 0.6 is 23.1 Å². The van der Waals surface area contributed by atoms with E-state index in [1.54, 1.807) is 11.3 Å². The number of thioether (sulfide) groups is 1. The lowest BCUT2D eigenvalue weighted by Crippen LogP contribution is -2.30. The Labute approximate surface area is 142 Å². The second-order valence-corrected chi connectivity index (χ2v) is 7.72. The molecule has 118 valence electrons. The van der Waals surface area contributed by atoms with Crippen LogP contribution in [0.15, 0.2) is 40.6 Å². The molecule has 6 heteroatoms. The summed E-state index contributed by atoms with van der Waals surface area (Å²) >= 11 is 3.22. The van der Waals surface area contributed by atoms with E-state index in [0.29, 0.717) is 11.3 Å². The molecule has 1 saturated heterocycles. The minimum atomic E-state index is -0.00951. The predicted molar refractivity (Wildman–Crippen MR) is 93.1 cm³/mol. The fourth-order valence-corrected chi connectivity index (χ4v) is 4.83. The summed E-state index contributed by atoms with van der Waals surface area (Å²) in [6.45, 7) is 0.791. The number of anilines is 1. The monoisotopic (exact) mass is 344 g/mol. The standard InChI is InChI=1S/C17H16N2O2S2/c20-16-10-23-14-6-5-11(9-12(14)18-16)17(21)19-7-1-3-13(19)15-4-2-8-22-15/h2,4-6,8-9,13H,1,3,7,10H2,(H,18,20). The maximum atomic E-state index is 12.9. The van der Waals surface area contributed by atoms with Gasteiger partial charge >= 0.3 is 0 Å². The molecule has 2 amide bonds. The van der Waals surface area contributed by atoms with Gasteiger partial charge in [0.15, 0.2) is 0 Å². The molecule has 1 N–H and O–H groups in total. The Morgan fingerprint density at radius 3 is 3.04 bits per heavy atom. The average molecular weight is 344 g/mol. The van der Waals surface area contributed by atoms with E-state index in [4.69, 9.17) is 0 Å². The molecule has 0 saturated carbocycles. The highest BCUT2D eigenvalue weighted by atomic mass is 32.2. The minimum absolute atomic E-state index is 0.00951. The molecular weight excluding hydrogens is 328 g/mol. The van der Waals surface area contributed by atoms with E-state index in [-0.39, 0.29) is 17.9 Å². The van der Waals surface area contributed by atoms with Crippen LogP contribution in [0.3, 0.4) is 0 Å². The van der Waals surface area contributed by atoms with Crippen LogP contribution in [0.4, 0.5) is 5.69 Å². The second-order valence-electron chi connectivity index (χ2n) is 5.72. The third-order valence-corrected chi connectivity index (χ3v) is 6.29. The van der Waals surface area contributed by atoms with Gasteiger partial charge in [-0.15, -0.1) is 23.1 Å². The molecule has 1 aromatic carbocycles. The Morgan fingerprint density at radius 1 is 1.30 bits per heavy atom. The third kappa shape index (κ3) is 2.77.